The Kier molecular flexibility index (Phi) is 8.14. The van der Waals surface area contributed by atoms with Crippen LogP contribution in [0.3, 0.4) is 0 Å². The van der Waals surface area contributed by atoms with E-state index in [-0.39, 0.29) is 19.1 Å². The van der Waals surface area contributed by atoms with E-state index in [1.165, 1.54) is 6.21 Å². The summed E-state index contributed by atoms with van der Waals surface area (Å²) in [6.45, 7) is 3.71. The number of para-hydroxylation sites is 1. The molecule has 0 saturated carbocycles. The lowest BCUT2D eigenvalue weighted by atomic mass is 10.1. The van der Waals surface area contributed by atoms with Gasteiger partial charge in [0.15, 0.2) is 6.61 Å². The number of halogens is 1. The van der Waals surface area contributed by atoms with E-state index in [4.69, 9.17) is 15.9 Å². The summed E-state index contributed by atoms with van der Waals surface area (Å²) < 4.78 is 11.9. The van der Waals surface area contributed by atoms with Gasteiger partial charge in [0.2, 0.25) is 0 Å². The van der Waals surface area contributed by atoms with E-state index < -0.39 is 0 Å². The highest BCUT2D eigenvalue weighted by molar-refractivity contribution is 9.10. The second-order valence-corrected chi connectivity index (χ2v) is 6.27. The lowest BCUT2D eigenvalue weighted by Crippen LogP contribution is -2.24. The summed E-state index contributed by atoms with van der Waals surface area (Å²) in [6, 6.07) is 12.9. The molecular formula is C21H19BrN2O3. The fourth-order valence-electron chi connectivity index (χ4n) is 2.19. The van der Waals surface area contributed by atoms with Crippen LogP contribution < -0.4 is 14.9 Å². The molecule has 1 N–H and O–H groups in total. The molecule has 0 unspecified atom stereocenters. The van der Waals surface area contributed by atoms with Crippen LogP contribution >= 0.6 is 15.9 Å². The molecule has 0 bridgehead atoms. The number of hydrogen-bond donors (Lipinski definition) is 1. The number of carbonyl (C=O) groups excluding carboxylic acids is 1. The Hall–Kier alpha value is -3.04. The van der Waals surface area contributed by atoms with Gasteiger partial charge in [0.05, 0.1) is 6.21 Å². The van der Waals surface area contributed by atoms with Gasteiger partial charge in [-0.05, 0) is 36.2 Å². The highest BCUT2D eigenvalue weighted by Crippen LogP contribution is 2.22. The second kappa shape index (κ2) is 10.8. The van der Waals surface area contributed by atoms with E-state index in [9.17, 15) is 4.79 Å². The maximum Gasteiger partial charge on any atom is 0.277 e. The van der Waals surface area contributed by atoms with Crippen molar-refractivity contribution in [3.8, 4) is 23.8 Å². The van der Waals surface area contributed by atoms with Crippen molar-refractivity contribution in [2.24, 2.45) is 5.10 Å². The van der Waals surface area contributed by atoms with Crippen LogP contribution in [0.4, 0.5) is 0 Å². The third-order valence-electron chi connectivity index (χ3n) is 3.37. The third-order valence-corrected chi connectivity index (χ3v) is 3.86. The van der Waals surface area contributed by atoms with Crippen LogP contribution in [0.1, 0.15) is 11.1 Å². The van der Waals surface area contributed by atoms with Crippen LogP contribution in [0.15, 0.2) is 64.7 Å². The number of hydrogen-bond acceptors (Lipinski definition) is 4. The van der Waals surface area contributed by atoms with Crippen LogP contribution in [0.25, 0.3) is 0 Å². The monoisotopic (exact) mass is 426 g/mol. The Morgan fingerprint density at radius 2 is 2.07 bits per heavy atom. The number of carbonyl (C=O) groups is 1. The number of hydrazone groups is 1. The summed E-state index contributed by atoms with van der Waals surface area (Å²) in [5.41, 5.74) is 4.07. The second-order valence-electron chi connectivity index (χ2n) is 5.36. The molecule has 2 rings (SSSR count). The molecule has 2 aromatic carbocycles. The maximum atomic E-state index is 12.0. The first-order valence-corrected chi connectivity index (χ1v) is 8.92. The van der Waals surface area contributed by atoms with E-state index >= 15 is 0 Å². The summed E-state index contributed by atoms with van der Waals surface area (Å²) in [5.74, 6) is 3.25. The van der Waals surface area contributed by atoms with Crippen LogP contribution in [0.2, 0.25) is 0 Å². The van der Waals surface area contributed by atoms with Gasteiger partial charge < -0.3 is 9.47 Å². The van der Waals surface area contributed by atoms with Gasteiger partial charge in [-0.1, -0.05) is 46.1 Å². The van der Waals surface area contributed by atoms with Gasteiger partial charge in [0.1, 0.15) is 18.1 Å². The highest BCUT2D eigenvalue weighted by Gasteiger charge is 2.06. The Morgan fingerprint density at radius 3 is 2.85 bits per heavy atom. The van der Waals surface area contributed by atoms with E-state index in [2.05, 4.69) is 39.0 Å². The van der Waals surface area contributed by atoms with Crippen molar-refractivity contribution in [2.75, 3.05) is 13.2 Å². The highest BCUT2D eigenvalue weighted by atomic mass is 79.9. The van der Waals surface area contributed by atoms with Crippen molar-refractivity contribution < 1.29 is 14.3 Å². The smallest absolute Gasteiger partial charge is 0.277 e. The third kappa shape index (κ3) is 6.65. The van der Waals surface area contributed by atoms with Crippen molar-refractivity contribution in [1.82, 2.24) is 5.43 Å². The molecule has 0 spiro atoms. The van der Waals surface area contributed by atoms with Gasteiger partial charge in [-0.25, -0.2) is 5.43 Å². The summed E-state index contributed by atoms with van der Waals surface area (Å²) >= 11 is 3.38. The molecule has 0 heterocycles. The van der Waals surface area contributed by atoms with Gasteiger partial charge in [0, 0.05) is 10.0 Å². The molecular weight excluding hydrogens is 408 g/mol. The van der Waals surface area contributed by atoms with Crippen LogP contribution in [-0.2, 0) is 11.2 Å². The fraction of sp³-hybridized carbons (Fsp3) is 0.143. The lowest BCUT2D eigenvalue weighted by Gasteiger charge is -2.09. The first-order valence-electron chi connectivity index (χ1n) is 8.13. The van der Waals surface area contributed by atoms with Crippen LogP contribution in [0.5, 0.6) is 11.5 Å². The molecule has 0 saturated heterocycles. The summed E-state index contributed by atoms with van der Waals surface area (Å²) in [4.78, 5) is 12.0. The molecule has 0 fully saturated rings. The largest absolute Gasteiger partial charge is 0.483 e. The number of amides is 1. The topological polar surface area (TPSA) is 59.9 Å². The van der Waals surface area contributed by atoms with Crippen LogP contribution in [0, 0.1) is 12.3 Å². The van der Waals surface area contributed by atoms with E-state index in [0.717, 1.165) is 10.0 Å². The number of allylic oxidation sites excluding steroid dienone is 1. The Balaban J connectivity index is 1.93. The zero-order valence-electron chi connectivity index (χ0n) is 14.7. The Morgan fingerprint density at radius 1 is 1.26 bits per heavy atom. The van der Waals surface area contributed by atoms with Gasteiger partial charge in [0.25, 0.3) is 5.91 Å². The van der Waals surface area contributed by atoms with E-state index in [0.29, 0.717) is 23.5 Å². The van der Waals surface area contributed by atoms with E-state index in [1.54, 1.807) is 12.1 Å². The van der Waals surface area contributed by atoms with Crippen molar-refractivity contribution in [3.05, 3.63) is 70.7 Å². The predicted molar refractivity (Wildman–Crippen MR) is 110 cm³/mol. The molecule has 27 heavy (non-hydrogen) atoms. The van der Waals surface area contributed by atoms with Gasteiger partial charge in [-0.3, -0.25) is 4.79 Å². The first-order chi connectivity index (χ1) is 13.1. The van der Waals surface area contributed by atoms with Crippen LogP contribution in [-0.4, -0.2) is 25.3 Å². The Bertz CT molecular complexity index is 872. The summed E-state index contributed by atoms with van der Waals surface area (Å²) in [6.07, 6.45) is 9.15. The average molecular weight is 427 g/mol. The summed E-state index contributed by atoms with van der Waals surface area (Å²) in [7, 11) is 0. The number of nitrogens with zero attached hydrogens (tertiary/aromatic N) is 1. The molecule has 0 aliphatic heterocycles. The normalized spacial score (nSPS) is 10.2. The SMILES string of the molecule is C#CCOc1ccc(Br)cc1/C=N/NC(=O)COc1ccccc1CC=C. The molecule has 2 aromatic rings. The van der Waals surface area contributed by atoms with Gasteiger partial charge in [-0.2, -0.15) is 5.10 Å². The molecule has 0 aliphatic rings. The van der Waals surface area contributed by atoms with Gasteiger partial charge >= 0.3 is 0 Å². The minimum Gasteiger partial charge on any atom is -0.483 e. The minimum absolute atomic E-state index is 0.146. The standard InChI is InChI=1S/C21H19BrN2O3/c1-3-7-16-8-5-6-9-19(16)27-15-21(25)24-23-14-17-13-18(22)10-11-20(17)26-12-4-2/h2-3,5-6,8-11,13-14H,1,7,12,15H2,(H,24,25)/b23-14+. The predicted octanol–water partition coefficient (Wildman–Crippen LogP) is 3.72. The van der Waals surface area contributed by atoms with Crippen molar-refractivity contribution in [1.29, 1.82) is 0 Å². The number of nitrogens with one attached hydrogen (secondary N) is 1. The molecule has 0 atom stereocenters. The number of terminal acetylenes is 1. The summed E-state index contributed by atoms with van der Waals surface area (Å²) in [5, 5.41) is 3.95. The van der Waals surface area contributed by atoms with Crippen molar-refractivity contribution >= 4 is 28.1 Å². The van der Waals surface area contributed by atoms with E-state index in [1.807, 2.05) is 36.4 Å². The molecule has 6 heteroatoms. The van der Waals surface area contributed by atoms with Gasteiger partial charge in [-0.15, -0.1) is 13.0 Å². The zero-order valence-corrected chi connectivity index (χ0v) is 16.2. The molecule has 138 valence electrons. The number of ether oxygens (including phenoxy) is 2. The maximum absolute atomic E-state index is 12.0. The lowest BCUT2D eigenvalue weighted by molar-refractivity contribution is -0.123. The average Bonchev–Trinajstić information content (AvgIpc) is 2.67. The molecule has 1 amide bonds. The quantitative estimate of drug-likeness (QED) is 0.287. The number of rotatable bonds is 9. The first kappa shape index (κ1) is 20.3. The number of benzene rings is 2. The zero-order chi connectivity index (χ0) is 19.5. The Labute approximate surface area is 167 Å². The van der Waals surface area contributed by atoms with Crippen molar-refractivity contribution in [2.45, 2.75) is 6.42 Å². The molecule has 0 aromatic heterocycles. The van der Waals surface area contributed by atoms with Crippen molar-refractivity contribution in [3.63, 3.8) is 0 Å². The minimum atomic E-state index is -0.374. The molecule has 0 aliphatic carbocycles. The fourth-order valence-corrected chi connectivity index (χ4v) is 2.57. The molecule has 5 nitrogen and oxygen atoms in total. The molecule has 0 radical (unpaired) electrons.